The van der Waals surface area contributed by atoms with Crippen LogP contribution < -0.4 is 10.2 Å². The van der Waals surface area contributed by atoms with Crippen molar-refractivity contribution in [1.82, 2.24) is 0 Å². The SMILES string of the molecule is CCCCCCC(CCCC)C(=O)[O-].CCCCCCC(CCCC)C(=O)[O-].[Zn+2]. The van der Waals surface area contributed by atoms with E-state index in [4.69, 9.17) is 0 Å². The molecule has 0 aromatic carbocycles. The zero-order chi connectivity index (χ0) is 21.6. The average molecular weight is 464 g/mol. The van der Waals surface area contributed by atoms with Crippen molar-refractivity contribution in [1.29, 1.82) is 0 Å². The molecule has 0 aliphatic heterocycles. The molecule has 2 atom stereocenters. The van der Waals surface area contributed by atoms with Gasteiger partial charge in [0.05, 0.1) is 0 Å². The van der Waals surface area contributed by atoms with Gasteiger partial charge in [-0.1, -0.05) is 105 Å². The Morgan fingerprint density at radius 1 is 0.517 bits per heavy atom. The second-order valence-electron chi connectivity index (χ2n) is 8.02. The van der Waals surface area contributed by atoms with Gasteiger partial charge in [0.25, 0.3) is 0 Å². The number of carboxylic acids is 2. The minimum Gasteiger partial charge on any atom is -0.550 e. The van der Waals surface area contributed by atoms with Crippen LogP contribution in [0.1, 0.15) is 130 Å². The summed E-state index contributed by atoms with van der Waals surface area (Å²) >= 11 is 0. The first kappa shape index (κ1) is 33.2. The van der Waals surface area contributed by atoms with Crippen LogP contribution in [0.4, 0.5) is 0 Å². The number of hydrogen-bond donors (Lipinski definition) is 0. The fraction of sp³-hybridized carbons (Fsp3) is 0.917. The second kappa shape index (κ2) is 25.6. The number of carbonyl (C=O) groups excluding carboxylic acids is 2. The summed E-state index contributed by atoms with van der Waals surface area (Å²) in [6.45, 7) is 8.49. The first-order valence-electron chi connectivity index (χ1n) is 11.9. The van der Waals surface area contributed by atoms with E-state index in [1.807, 2.05) is 0 Å². The molecular formula is C24H46O4Zn. The summed E-state index contributed by atoms with van der Waals surface area (Å²) in [5, 5.41) is 21.5. The third-order valence-electron chi connectivity index (χ3n) is 5.29. The van der Waals surface area contributed by atoms with E-state index in [1.54, 1.807) is 0 Å². The Kier molecular flexibility index (Phi) is 29.3. The standard InChI is InChI=1S/2C12H24O2.Zn/c2*1-3-5-7-8-10-11(12(13)14)9-6-4-2;/h2*11H,3-10H2,1-2H3,(H,13,14);/q;;+2/p-2. The van der Waals surface area contributed by atoms with E-state index < -0.39 is 11.9 Å². The molecule has 0 heterocycles. The molecule has 0 aromatic heterocycles. The number of rotatable bonds is 18. The molecule has 0 aliphatic rings. The molecule has 0 aliphatic carbocycles. The smallest absolute Gasteiger partial charge is 0.550 e. The van der Waals surface area contributed by atoms with Gasteiger partial charge in [-0.2, -0.15) is 0 Å². The molecule has 0 amide bonds. The molecule has 0 saturated heterocycles. The molecule has 0 spiro atoms. The van der Waals surface area contributed by atoms with Crippen LogP contribution in [-0.4, -0.2) is 11.9 Å². The summed E-state index contributed by atoms with van der Waals surface area (Å²) < 4.78 is 0. The van der Waals surface area contributed by atoms with Crippen molar-refractivity contribution in [3.05, 3.63) is 0 Å². The minimum absolute atomic E-state index is 0. The van der Waals surface area contributed by atoms with Crippen molar-refractivity contribution >= 4 is 11.9 Å². The van der Waals surface area contributed by atoms with Crippen LogP contribution >= 0.6 is 0 Å². The number of hydrogen-bond acceptors (Lipinski definition) is 4. The molecule has 0 aromatic rings. The normalized spacial score (nSPS) is 12.3. The van der Waals surface area contributed by atoms with Gasteiger partial charge in [-0.25, -0.2) is 0 Å². The minimum atomic E-state index is -0.852. The average Bonchev–Trinajstić information content (AvgIpc) is 2.67. The molecule has 0 rings (SSSR count). The predicted molar refractivity (Wildman–Crippen MR) is 114 cm³/mol. The van der Waals surface area contributed by atoms with E-state index in [0.717, 1.165) is 77.0 Å². The van der Waals surface area contributed by atoms with Gasteiger partial charge in [-0.15, -0.1) is 0 Å². The summed E-state index contributed by atoms with van der Waals surface area (Å²) in [6.07, 6.45) is 16.6. The maximum Gasteiger partial charge on any atom is 2.00 e. The van der Waals surface area contributed by atoms with Gasteiger partial charge in [0, 0.05) is 11.9 Å². The second-order valence-corrected chi connectivity index (χ2v) is 8.02. The van der Waals surface area contributed by atoms with Gasteiger partial charge in [-0.05, 0) is 37.5 Å². The Morgan fingerprint density at radius 2 is 0.793 bits per heavy atom. The fourth-order valence-corrected chi connectivity index (χ4v) is 3.30. The van der Waals surface area contributed by atoms with Crippen LogP contribution in [0.25, 0.3) is 0 Å². The molecule has 2 unspecified atom stereocenters. The van der Waals surface area contributed by atoms with Gasteiger partial charge < -0.3 is 19.8 Å². The Hall–Kier alpha value is -0.437. The first-order valence-corrected chi connectivity index (χ1v) is 11.9. The molecule has 0 fully saturated rings. The van der Waals surface area contributed by atoms with Crippen LogP contribution in [0.3, 0.4) is 0 Å². The summed E-state index contributed by atoms with van der Waals surface area (Å²) in [6, 6.07) is 0. The molecule has 4 nitrogen and oxygen atoms in total. The molecule has 0 N–H and O–H groups in total. The van der Waals surface area contributed by atoms with E-state index in [2.05, 4.69) is 27.7 Å². The molecular weight excluding hydrogens is 418 g/mol. The first-order chi connectivity index (χ1) is 13.4. The number of carbonyl (C=O) groups is 2. The Balaban J connectivity index is -0.000000451. The van der Waals surface area contributed by atoms with E-state index in [-0.39, 0.29) is 31.3 Å². The number of unbranched alkanes of at least 4 members (excludes halogenated alkanes) is 8. The monoisotopic (exact) mass is 462 g/mol. The quantitative estimate of drug-likeness (QED) is 0.211. The van der Waals surface area contributed by atoms with Crippen molar-refractivity contribution in [2.24, 2.45) is 11.8 Å². The fourth-order valence-electron chi connectivity index (χ4n) is 3.30. The number of aliphatic carboxylic acids is 2. The van der Waals surface area contributed by atoms with Crippen molar-refractivity contribution < 1.29 is 39.3 Å². The van der Waals surface area contributed by atoms with Crippen molar-refractivity contribution in [3.8, 4) is 0 Å². The van der Waals surface area contributed by atoms with Crippen molar-refractivity contribution in [3.63, 3.8) is 0 Å². The molecule has 0 radical (unpaired) electrons. The van der Waals surface area contributed by atoms with Gasteiger partial charge in [0.2, 0.25) is 0 Å². The van der Waals surface area contributed by atoms with Crippen LogP contribution in [0.2, 0.25) is 0 Å². The maximum atomic E-state index is 10.8. The molecule has 0 saturated carbocycles. The molecule has 0 bridgehead atoms. The van der Waals surface area contributed by atoms with Gasteiger partial charge in [0.15, 0.2) is 0 Å². The summed E-state index contributed by atoms with van der Waals surface area (Å²) in [4.78, 5) is 21.5. The maximum absolute atomic E-state index is 10.8. The predicted octanol–water partition coefficient (Wildman–Crippen LogP) is 5.02. The Labute approximate surface area is 193 Å². The molecule has 168 valence electrons. The Morgan fingerprint density at radius 3 is 1.03 bits per heavy atom. The third-order valence-corrected chi connectivity index (χ3v) is 5.29. The van der Waals surface area contributed by atoms with Gasteiger partial charge in [-0.3, -0.25) is 0 Å². The molecule has 5 heteroatoms. The van der Waals surface area contributed by atoms with E-state index in [9.17, 15) is 19.8 Å². The van der Waals surface area contributed by atoms with E-state index in [0.29, 0.717) is 0 Å². The van der Waals surface area contributed by atoms with Crippen LogP contribution in [-0.2, 0) is 29.1 Å². The number of carboxylic acid groups (broad SMARTS) is 2. The van der Waals surface area contributed by atoms with Crippen LogP contribution in [0.5, 0.6) is 0 Å². The van der Waals surface area contributed by atoms with Crippen molar-refractivity contribution in [2.45, 2.75) is 130 Å². The largest absolute Gasteiger partial charge is 2.00 e. The summed E-state index contributed by atoms with van der Waals surface area (Å²) in [5.41, 5.74) is 0. The summed E-state index contributed by atoms with van der Waals surface area (Å²) in [7, 11) is 0. The Bertz CT molecular complexity index is 327. The van der Waals surface area contributed by atoms with E-state index in [1.165, 1.54) is 25.7 Å². The van der Waals surface area contributed by atoms with Gasteiger partial charge >= 0.3 is 19.5 Å². The zero-order valence-corrected chi connectivity index (χ0v) is 22.8. The van der Waals surface area contributed by atoms with Crippen LogP contribution in [0, 0.1) is 11.8 Å². The van der Waals surface area contributed by atoms with E-state index >= 15 is 0 Å². The van der Waals surface area contributed by atoms with Crippen molar-refractivity contribution in [2.75, 3.05) is 0 Å². The third kappa shape index (κ3) is 23.7. The van der Waals surface area contributed by atoms with Crippen LogP contribution in [0.15, 0.2) is 0 Å². The molecule has 29 heavy (non-hydrogen) atoms. The zero-order valence-electron chi connectivity index (χ0n) is 19.8. The van der Waals surface area contributed by atoms with Gasteiger partial charge in [0.1, 0.15) is 0 Å². The summed E-state index contributed by atoms with van der Waals surface area (Å²) in [5.74, 6) is -2.11. The topological polar surface area (TPSA) is 80.3 Å².